The Morgan fingerprint density at radius 1 is 1.37 bits per heavy atom. The fourth-order valence-corrected chi connectivity index (χ4v) is 3.16. The molecule has 2 atom stereocenters. The first-order valence-electron chi connectivity index (χ1n) is 7.29. The van der Waals surface area contributed by atoms with E-state index in [0.29, 0.717) is 18.5 Å². The lowest BCUT2D eigenvalue weighted by Gasteiger charge is -2.36. The minimum Gasteiger partial charge on any atom is -0.382 e. The van der Waals surface area contributed by atoms with Gasteiger partial charge in [0.2, 0.25) is 0 Å². The average molecular weight is 262 g/mol. The van der Waals surface area contributed by atoms with E-state index >= 15 is 0 Å². The van der Waals surface area contributed by atoms with Crippen LogP contribution < -0.4 is 5.73 Å². The summed E-state index contributed by atoms with van der Waals surface area (Å²) in [4.78, 5) is 2.41. The van der Waals surface area contributed by atoms with Crippen molar-refractivity contribution in [2.45, 2.75) is 38.3 Å². The van der Waals surface area contributed by atoms with Crippen molar-refractivity contribution in [2.75, 3.05) is 19.6 Å². The summed E-state index contributed by atoms with van der Waals surface area (Å²) in [7, 11) is 0. The molecule has 0 saturated carbocycles. The Morgan fingerprint density at radius 3 is 2.63 bits per heavy atom. The summed E-state index contributed by atoms with van der Waals surface area (Å²) in [5, 5.41) is 10.9. The van der Waals surface area contributed by atoms with Gasteiger partial charge in [0.1, 0.15) is 5.60 Å². The number of aliphatic hydroxyl groups is 1. The van der Waals surface area contributed by atoms with Crippen LogP contribution in [-0.4, -0.2) is 35.7 Å². The molecule has 1 aliphatic heterocycles. The lowest BCUT2D eigenvalue weighted by Crippen LogP contribution is -2.48. The largest absolute Gasteiger partial charge is 0.382 e. The molecule has 19 heavy (non-hydrogen) atoms. The van der Waals surface area contributed by atoms with E-state index < -0.39 is 5.60 Å². The van der Waals surface area contributed by atoms with Crippen LogP contribution in [0.5, 0.6) is 0 Å². The molecule has 1 aliphatic rings. The number of hydrogen-bond acceptors (Lipinski definition) is 3. The van der Waals surface area contributed by atoms with E-state index in [1.54, 1.807) is 0 Å². The van der Waals surface area contributed by atoms with Gasteiger partial charge in [-0.1, -0.05) is 44.2 Å². The van der Waals surface area contributed by atoms with Crippen LogP contribution in [0, 0.1) is 5.92 Å². The standard InChI is InChI=1S/C16H26N2O/c1-13(2)15-9-6-10-18(15)12-16(19,11-17)14-7-4-3-5-8-14/h3-5,7-8,13,15,19H,6,9-12,17H2,1-2H3. The number of β-amino-alcohol motifs (C(OH)–C–C–N with tert-alkyl or cyclic N) is 1. The Morgan fingerprint density at radius 2 is 2.05 bits per heavy atom. The van der Waals surface area contributed by atoms with E-state index in [9.17, 15) is 5.11 Å². The van der Waals surface area contributed by atoms with Gasteiger partial charge in [-0.05, 0) is 30.9 Å². The molecule has 0 spiro atoms. The first-order valence-corrected chi connectivity index (χ1v) is 7.29. The maximum Gasteiger partial charge on any atom is 0.114 e. The second kappa shape index (κ2) is 6.04. The molecule has 3 nitrogen and oxygen atoms in total. The Bertz CT molecular complexity index is 393. The first-order chi connectivity index (χ1) is 9.07. The minimum atomic E-state index is -0.932. The molecule has 1 heterocycles. The molecule has 0 radical (unpaired) electrons. The molecule has 1 aromatic carbocycles. The summed E-state index contributed by atoms with van der Waals surface area (Å²) in [5.74, 6) is 0.625. The molecule has 0 aromatic heterocycles. The van der Waals surface area contributed by atoms with Crippen molar-refractivity contribution < 1.29 is 5.11 Å². The fraction of sp³-hybridized carbons (Fsp3) is 0.625. The molecule has 3 heteroatoms. The summed E-state index contributed by atoms with van der Waals surface area (Å²) in [6.07, 6.45) is 2.45. The zero-order valence-electron chi connectivity index (χ0n) is 12.0. The molecule has 0 amide bonds. The number of likely N-dealkylation sites (tertiary alicyclic amines) is 1. The van der Waals surface area contributed by atoms with Crippen LogP contribution >= 0.6 is 0 Å². The van der Waals surface area contributed by atoms with Crippen molar-refractivity contribution in [3.05, 3.63) is 35.9 Å². The van der Waals surface area contributed by atoms with Crippen LogP contribution in [0.25, 0.3) is 0 Å². The molecule has 1 fully saturated rings. The minimum absolute atomic E-state index is 0.262. The quantitative estimate of drug-likeness (QED) is 0.853. The van der Waals surface area contributed by atoms with Crippen LogP contribution in [0.3, 0.4) is 0 Å². The van der Waals surface area contributed by atoms with Crippen molar-refractivity contribution in [1.29, 1.82) is 0 Å². The SMILES string of the molecule is CC(C)C1CCCN1CC(O)(CN)c1ccccc1. The third-order valence-corrected chi connectivity index (χ3v) is 4.30. The summed E-state index contributed by atoms with van der Waals surface area (Å²) in [6, 6.07) is 10.4. The third-order valence-electron chi connectivity index (χ3n) is 4.30. The normalized spacial score (nSPS) is 23.7. The zero-order valence-corrected chi connectivity index (χ0v) is 12.0. The summed E-state index contributed by atoms with van der Waals surface area (Å²) in [6.45, 7) is 6.48. The van der Waals surface area contributed by atoms with Crippen LogP contribution in [0.4, 0.5) is 0 Å². The number of hydrogen-bond donors (Lipinski definition) is 2. The van der Waals surface area contributed by atoms with Gasteiger partial charge >= 0.3 is 0 Å². The number of nitrogens with two attached hydrogens (primary N) is 1. The van der Waals surface area contributed by atoms with E-state index in [1.165, 1.54) is 12.8 Å². The molecule has 3 N–H and O–H groups in total. The molecule has 1 aromatic rings. The molecule has 1 saturated heterocycles. The van der Waals surface area contributed by atoms with Crippen LogP contribution in [-0.2, 0) is 5.60 Å². The van der Waals surface area contributed by atoms with E-state index in [0.717, 1.165) is 12.1 Å². The maximum absolute atomic E-state index is 10.9. The molecule has 0 aliphatic carbocycles. The molecule has 106 valence electrons. The van der Waals surface area contributed by atoms with Crippen LogP contribution in [0.15, 0.2) is 30.3 Å². The monoisotopic (exact) mass is 262 g/mol. The summed E-state index contributed by atoms with van der Waals surface area (Å²) in [5.41, 5.74) is 5.85. The Labute approximate surface area is 116 Å². The van der Waals surface area contributed by atoms with Gasteiger partial charge in [-0.15, -0.1) is 0 Å². The van der Waals surface area contributed by atoms with E-state index in [-0.39, 0.29) is 6.54 Å². The topological polar surface area (TPSA) is 49.5 Å². The van der Waals surface area contributed by atoms with Gasteiger partial charge in [0.05, 0.1) is 0 Å². The molecular weight excluding hydrogens is 236 g/mol. The highest BCUT2D eigenvalue weighted by Gasteiger charge is 2.35. The highest BCUT2D eigenvalue weighted by atomic mass is 16.3. The van der Waals surface area contributed by atoms with Gasteiger partial charge in [0, 0.05) is 19.1 Å². The summed E-state index contributed by atoms with van der Waals surface area (Å²) < 4.78 is 0. The molecular formula is C16H26N2O. The average Bonchev–Trinajstić information content (AvgIpc) is 2.87. The first kappa shape index (κ1) is 14.5. The molecule has 2 unspecified atom stereocenters. The smallest absolute Gasteiger partial charge is 0.114 e. The maximum atomic E-state index is 10.9. The van der Waals surface area contributed by atoms with Crippen LogP contribution in [0.1, 0.15) is 32.3 Å². The zero-order chi connectivity index (χ0) is 13.9. The lowest BCUT2D eigenvalue weighted by molar-refractivity contribution is -0.00180. The Balaban J connectivity index is 2.14. The van der Waals surface area contributed by atoms with Crippen molar-refractivity contribution in [3.63, 3.8) is 0 Å². The highest BCUT2D eigenvalue weighted by Crippen LogP contribution is 2.29. The molecule has 2 rings (SSSR count). The van der Waals surface area contributed by atoms with Gasteiger partial charge in [-0.3, -0.25) is 4.90 Å². The second-order valence-corrected chi connectivity index (χ2v) is 6.03. The third kappa shape index (κ3) is 3.16. The van der Waals surface area contributed by atoms with Crippen molar-refractivity contribution in [2.24, 2.45) is 11.7 Å². The fourth-order valence-electron chi connectivity index (χ4n) is 3.16. The van der Waals surface area contributed by atoms with Crippen molar-refractivity contribution in [3.8, 4) is 0 Å². The highest BCUT2D eigenvalue weighted by molar-refractivity contribution is 5.23. The van der Waals surface area contributed by atoms with Crippen molar-refractivity contribution >= 4 is 0 Å². The van der Waals surface area contributed by atoms with Gasteiger partial charge in [0.25, 0.3) is 0 Å². The molecule has 0 bridgehead atoms. The predicted octanol–water partition coefficient (Wildman–Crippen LogP) is 1.95. The van der Waals surface area contributed by atoms with Gasteiger partial charge in [-0.25, -0.2) is 0 Å². The van der Waals surface area contributed by atoms with E-state index in [4.69, 9.17) is 5.73 Å². The Hall–Kier alpha value is -0.900. The van der Waals surface area contributed by atoms with E-state index in [2.05, 4.69) is 18.7 Å². The lowest BCUT2D eigenvalue weighted by atomic mass is 9.92. The predicted molar refractivity (Wildman–Crippen MR) is 78.8 cm³/mol. The van der Waals surface area contributed by atoms with E-state index in [1.807, 2.05) is 30.3 Å². The number of benzene rings is 1. The van der Waals surface area contributed by atoms with Gasteiger partial charge in [0.15, 0.2) is 0 Å². The summed E-state index contributed by atoms with van der Waals surface area (Å²) >= 11 is 0. The van der Waals surface area contributed by atoms with Gasteiger partial charge < -0.3 is 10.8 Å². The van der Waals surface area contributed by atoms with Crippen molar-refractivity contribution in [1.82, 2.24) is 4.90 Å². The Kier molecular flexibility index (Phi) is 4.61. The van der Waals surface area contributed by atoms with Gasteiger partial charge in [-0.2, -0.15) is 0 Å². The second-order valence-electron chi connectivity index (χ2n) is 6.03. The number of nitrogens with zero attached hydrogens (tertiary/aromatic N) is 1. The van der Waals surface area contributed by atoms with Crippen LogP contribution in [0.2, 0.25) is 0 Å². The number of rotatable bonds is 5.